The Morgan fingerprint density at radius 3 is 2.42 bits per heavy atom. The molecule has 0 aromatic heterocycles. The first-order valence-electron chi connectivity index (χ1n) is 8.08. The number of aliphatic hydroxyl groups is 1. The van der Waals surface area contributed by atoms with Gasteiger partial charge in [-0.1, -0.05) is 27.7 Å². The third-order valence-electron chi connectivity index (χ3n) is 3.50. The minimum absolute atomic E-state index is 0.0702. The second-order valence-corrected chi connectivity index (χ2v) is 7.30. The van der Waals surface area contributed by atoms with Gasteiger partial charge in [-0.2, -0.15) is 0 Å². The van der Waals surface area contributed by atoms with Crippen LogP contribution >= 0.6 is 0 Å². The third-order valence-corrected chi connectivity index (χ3v) is 3.50. The molecule has 2 atom stereocenters. The molecule has 0 spiro atoms. The number of nitrogens with one attached hydrogen (secondary N) is 2. The number of aliphatic hydroxyl groups excluding tert-OH is 1. The highest BCUT2D eigenvalue weighted by molar-refractivity contribution is 5.98. The van der Waals surface area contributed by atoms with E-state index in [4.69, 9.17) is 0 Å². The Morgan fingerprint density at radius 2 is 1.88 bits per heavy atom. The van der Waals surface area contributed by atoms with E-state index in [0.29, 0.717) is 18.7 Å². The van der Waals surface area contributed by atoms with Crippen molar-refractivity contribution in [3.63, 3.8) is 0 Å². The zero-order chi connectivity index (χ0) is 18.5. The highest BCUT2D eigenvalue weighted by Crippen LogP contribution is 2.20. The largest absolute Gasteiger partial charge is 0.393 e. The van der Waals surface area contributed by atoms with Crippen LogP contribution in [0.25, 0.3) is 0 Å². The van der Waals surface area contributed by atoms with Crippen LogP contribution in [0, 0.1) is 17.2 Å². The van der Waals surface area contributed by atoms with E-state index in [2.05, 4.69) is 10.6 Å². The summed E-state index contributed by atoms with van der Waals surface area (Å²) in [6.07, 6.45) is 0.0920. The van der Waals surface area contributed by atoms with Crippen LogP contribution in [0.5, 0.6) is 0 Å². The first-order chi connectivity index (χ1) is 11.0. The molecule has 0 fully saturated rings. The van der Waals surface area contributed by atoms with Crippen LogP contribution in [-0.2, 0) is 4.79 Å². The SMILES string of the molecule is CC(O)CC(C)CNC(=O)c1cc(NC(=O)C(C)(C)C)ccc1F. The van der Waals surface area contributed by atoms with Crippen molar-refractivity contribution < 1.29 is 19.1 Å². The summed E-state index contributed by atoms with van der Waals surface area (Å²) < 4.78 is 13.9. The van der Waals surface area contributed by atoms with Crippen molar-refractivity contribution in [3.8, 4) is 0 Å². The van der Waals surface area contributed by atoms with Crippen molar-refractivity contribution in [1.82, 2.24) is 5.32 Å². The quantitative estimate of drug-likeness (QED) is 0.746. The molecule has 3 N–H and O–H groups in total. The van der Waals surface area contributed by atoms with E-state index >= 15 is 0 Å². The molecule has 0 bridgehead atoms. The Morgan fingerprint density at radius 1 is 1.25 bits per heavy atom. The van der Waals surface area contributed by atoms with E-state index in [1.165, 1.54) is 12.1 Å². The molecule has 0 saturated heterocycles. The predicted octanol–water partition coefficient (Wildman–Crippen LogP) is 2.95. The van der Waals surface area contributed by atoms with Crippen molar-refractivity contribution in [3.05, 3.63) is 29.6 Å². The van der Waals surface area contributed by atoms with Gasteiger partial charge in [0.2, 0.25) is 5.91 Å². The van der Waals surface area contributed by atoms with E-state index in [1.807, 2.05) is 6.92 Å². The minimum atomic E-state index is -0.649. The fraction of sp³-hybridized carbons (Fsp3) is 0.556. The normalized spacial score (nSPS) is 14.0. The van der Waals surface area contributed by atoms with Crippen LogP contribution in [0.3, 0.4) is 0 Å². The minimum Gasteiger partial charge on any atom is -0.393 e. The average molecular weight is 338 g/mol. The van der Waals surface area contributed by atoms with E-state index in [9.17, 15) is 19.1 Å². The third kappa shape index (κ3) is 6.28. The smallest absolute Gasteiger partial charge is 0.254 e. The molecule has 0 radical (unpaired) electrons. The second kappa shape index (κ2) is 8.24. The number of rotatable bonds is 6. The first kappa shape index (κ1) is 20.1. The summed E-state index contributed by atoms with van der Waals surface area (Å²) >= 11 is 0. The van der Waals surface area contributed by atoms with Gasteiger partial charge in [0, 0.05) is 17.6 Å². The predicted molar refractivity (Wildman–Crippen MR) is 92.3 cm³/mol. The molecule has 0 aliphatic carbocycles. The number of benzene rings is 1. The average Bonchev–Trinajstić information content (AvgIpc) is 2.45. The summed E-state index contributed by atoms with van der Waals surface area (Å²) in [5.74, 6) is -1.34. The Balaban J connectivity index is 2.78. The molecule has 1 rings (SSSR count). The van der Waals surface area contributed by atoms with Gasteiger partial charge < -0.3 is 15.7 Å². The summed E-state index contributed by atoms with van der Waals surface area (Å²) in [6, 6.07) is 3.91. The van der Waals surface area contributed by atoms with Crippen LogP contribution in [-0.4, -0.2) is 29.6 Å². The van der Waals surface area contributed by atoms with Gasteiger partial charge in [-0.25, -0.2) is 4.39 Å². The summed E-state index contributed by atoms with van der Waals surface area (Å²) in [5, 5.41) is 14.7. The molecule has 0 aliphatic rings. The molecule has 24 heavy (non-hydrogen) atoms. The summed E-state index contributed by atoms with van der Waals surface area (Å²) in [6.45, 7) is 9.21. The van der Waals surface area contributed by atoms with Crippen molar-refractivity contribution in [1.29, 1.82) is 0 Å². The monoisotopic (exact) mass is 338 g/mol. The van der Waals surface area contributed by atoms with Gasteiger partial charge in [0.1, 0.15) is 5.82 Å². The van der Waals surface area contributed by atoms with Crippen LogP contribution in [0.15, 0.2) is 18.2 Å². The van der Waals surface area contributed by atoms with Crippen LogP contribution in [0.1, 0.15) is 51.4 Å². The van der Waals surface area contributed by atoms with Crippen LogP contribution in [0.4, 0.5) is 10.1 Å². The standard InChI is InChI=1S/C18H27FN2O3/c1-11(8-12(2)22)10-20-16(23)14-9-13(6-7-15(14)19)21-17(24)18(3,4)5/h6-7,9,11-12,22H,8,10H2,1-5H3,(H,20,23)(H,21,24). The van der Waals surface area contributed by atoms with E-state index in [1.54, 1.807) is 27.7 Å². The van der Waals surface area contributed by atoms with Crippen molar-refractivity contribution >= 4 is 17.5 Å². The number of hydrogen-bond acceptors (Lipinski definition) is 3. The molecule has 0 heterocycles. The van der Waals surface area contributed by atoms with Crippen molar-refractivity contribution in [2.24, 2.45) is 11.3 Å². The van der Waals surface area contributed by atoms with E-state index < -0.39 is 23.2 Å². The van der Waals surface area contributed by atoms with Crippen LogP contribution in [0.2, 0.25) is 0 Å². The van der Waals surface area contributed by atoms with Gasteiger partial charge in [0.05, 0.1) is 11.7 Å². The molecule has 1 aromatic carbocycles. The molecule has 0 saturated carbocycles. The lowest BCUT2D eigenvalue weighted by molar-refractivity contribution is -0.123. The van der Waals surface area contributed by atoms with Crippen LogP contribution < -0.4 is 10.6 Å². The Labute approximate surface area is 142 Å². The van der Waals surface area contributed by atoms with Gasteiger partial charge in [0.15, 0.2) is 0 Å². The lowest BCUT2D eigenvalue weighted by Crippen LogP contribution is -2.30. The number of amides is 2. The molecule has 134 valence electrons. The maximum absolute atomic E-state index is 13.9. The Bertz CT molecular complexity index is 594. The number of halogens is 1. The fourth-order valence-corrected chi connectivity index (χ4v) is 2.12. The lowest BCUT2D eigenvalue weighted by atomic mass is 9.95. The van der Waals surface area contributed by atoms with Crippen molar-refractivity contribution in [2.75, 3.05) is 11.9 Å². The summed E-state index contributed by atoms with van der Waals surface area (Å²) in [4.78, 5) is 24.2. The van der Waals surface area contributed by atoms with Gasteiger partial charge >= 0.3 is 0 Å². The van der Waals surface area contributed by atoms with Gasteiger partial charge in [0.25, 0.3) is 5.91 Å². The molecular formula is C18H27FN2O3. The number of hydrogen-bond donors (Lipinski definition) is 3. The van der Waals surface area contributed by atoms with Gasteiger partial charge in [-0.3, -0.25) is 9.59 Å². The molecule has 6 heteroatoms. The topological polar surface area (TPSA) is 78.4 Å². The Kier molecular flexibility index (Phi) is 6.90. The van der Waals surface area contributed by atoms with E-state index in [-0.39, 0.29) is 17.4 Å². The van der Waals surface area contributed by atoms with Gasteiger partial charge in [-0.15, -0.1) is 0 Å². The summed E-state index contributed by atoms with van der Waals surface area (Å²) in [7, 11) is 0. The number of carbonyl (C=O) groups is 2. The second-order valence-electron chi connectivity index (χ2n) is 7.30. The zero-order valence-electron chi connectivity index (χ0n) is 14.9. The molecule has 2 amide bonds. The van der Waals surface area contributed by atoms with E-state index in [0.717, 1.165) is 6.07 Å². The summed E-state index contributed by atoms with van der Waals surface area (Å²) in [5.41, 5.74) is -0.336. The lowest BCUT2D eigenvalue weighted by Gasteiger charge is -2.18. The highest BCUT2D eigenvalue weighted by atomic mass is 19.1. The Hall–Kier alpha value is -1.95. The molecule has 1 aromatic rings. The number of anilines is 1. The highest BCUT2D eigenvalue weighted by Gasteiger charge is 2.22. The maximum Gasteiger partial charge on any atom is 0.254 e. The maximum atomic E-state index is 13.9. The first-order valence-corrected chi connectivity index (χ1v) is 8.08. The fourth-order valence-electron chi connectivity index (χ4n) is 2.12. The van der Waals surface area contributed by atoms with Crippen molar-refractivity contribution in [2.45, 2.75) is 47.1 Å². The molecule has 0 aliphatic heterocycles. The van der Waals surface area contributed by atoms with Gasteiger partial charge in [-0.05, 0) is 37.5 Å². The zero-order valence-corrected chi connectivity index (χ0v) is 14.9. The molecule has 5 nitrogen and oxygen atoms in total. The molecular weight excluding hydrogens is 311 g/mol. The number of carbonyl (C=O) groups excluding carboxylic acids is 2. The molecule has 2 unspecified atom stereocenters.